The van der Waals surface area contributed by atoms with Crippen LogP contribution in [0.25, 0.3) is 0 Å². The summed E-state index contributed by atoms with van der Waals surface area (Å²) in [5.74, 6) is 2.96. The standard InChI is InChI=1S/C17H22N2S/c1-2-4-13(5-3-1)16-11-19-17(20-16)18-10-15-9-12-6-7-14(15)8-12/h1-5,12,14-16H,6-11H2,(H,18,19). The summed E-state index contributed by atoms with van der Waals surface area (Å²) in [4.78, 5) is 4.69. The van der Waals surface area contributed by atoms with E-state index in [1.807, 2.05) is 11.8 Å². The number of benzene rings is 1. The van der Waals surface area contributed by atoms with Crippen LogP contribution in [0.4, 0.5) is 0 Å². The van der Waals surface area contributed by atoms with Gasteiger partial charge in [0.2, 0.25) is 0 Å². The summed E-state index contributed by atoms with van der Waals surface area (Å²) in [6, 6.07) is 10.8. The maximum Gasteiger partial charge on any atom is 0.157 e. The molecule has 4 atom stereocenters. The molecule has 0 saturated heterocycles. The first-order valence-corrected chi connectivity index (χ1v) is 8.76. The Hall–Kier alpha value is -0.960. The lowest BCUT2D eigenvalue weighted by Crippen LogP contribution is -2.29. The number of thioether (sulfide) groups is 1. The monoisotopic (exact) mass is 286 g/mol. The molecule has 2 nitrogen and oxygen atoms in total. The number of aliphatic imine (C=N–C) groups is 1. The number of nitrogens with zero attached hydrogens (tertiary/aromatic N) is 1. The predicted molar refractivity (Wildman–Crippen MR) is 86.0 cm³/mol. The Morgan fingerprint density at radius 2 is 2.05 bits per heavy atom. The van der Waals surface area contributed by atoms with Gasteiger partial charge >= 0.3 is 0 Å². The van der Waals surface area contributed by atoms with Crippen LogP contribution >= 0.6 is 11.8 Å². The maximum atomic E-state index is 4.69. The Morgan fingerprint density at radius 1 is 1.15 bits per heavy atom. The van der Waals surface area contributed by atoms with Crippen molar-refractivity contribution in [3.63, 3.8) is 0 Å². The minimum Gasteiger partial charge on any atom is -0.365 e. The van der Waals surface area contributed by atoms with Crippen molar-refractivity contribution in [3.8, 4) is 0 Å². The molecule has 0 radical (unpaired) electrons. The van der Waals surface area contributed by atoms with Gasteiger partial charge in [-0.25, -0.2) is 0 Å². The Balaban J connectivity index is 1.29. The summed E-state index contributed by atoms with van der Waals surface area (Å²) >= 11 is 1.91. The van der Waals surface area contributed by atoms with Crippen LogP contribution in [0.3, 0.4) is 0 Å². The minimum absolute atomic E-state index is 0.513. The molecule has 4 rings (SSSR count). The van der Waals surface area contributed by atoms with Crippen LogP contribution in [0.2, 0.25) is 0 Å². The highest BCUT2D eigenvalue weighted by Gasteiger charge is 2.39. The van der Waals surface area contributed by atoms with Gasteiger partial charge < -0.3 is 5.32 Å². The highest BCUT2D eigenvalue weighted by atomic mass is 32.2. The van der Waals surface area contributed by atoms with Crippen LogP contribution in [0, 0.1) is 17.8 Å². The molecule has 2 saturated carbocycles. The Bertz CT molecular complexity index is 499. The molecule has 1 aliphatic heterocycles. The fraction of sp³-hybridized carbons (Fsp3) is 0.588. The molecule has 0 amide bonds. The van der Waals surface area contributed by atoms with E-state index >= 15 is 0 Å². The highest BCUT2D eigenvalue weighted by molar-refractivity contribution is 8.14. The molecular formula is C17H22N2S. The second kappa shape index (κ2) is 5.44. The van der Waals surface area contributed by atoms with Crippen molar-refractivity contribution in [3.05, 3.63) is 35.9 Å². The van der Waals surface area contributed by atoms with Crippen LogP contribution in [0.15, 0.2) is 35.3 Å². The topological polar surface area (TPSA) is 24.4 Å². The highest BCUT2D eigenvalue weighted by Crippen LogP contribution is 2.48. The molecule has 0 spiro atoms. The molecule has 0 aromatic heterocycles. The zero-order chi connectivity index (χ0) is 13.4. The normalized spacial score (nSPS) is 35.3. The van der Waals surface area contributed by atoms with E-state index in [4.69, 9.17) is 0 Å². The molecule has 1 aromatic carbocycles. The van der Waals surface area contributed by atoms with Gasteiger partial charge in [0.25, 0.3) is 0 Å². The number of amidine groups is 1. The van der Waals surface area contributed by atoms with Crippen LogP contribution < -0.4 is 5.32 Å². The summed E-state index contributed by atoms with van der Waals surface area (Å²) in [7, 11) is 0. The summed E-state index contributed by atoms with van der Waals surface area (Å²) in [6.07, 6.45) is 5.92. The molecular weight excluding hydrogens is 264 g/mol. The fourth-order valence-corrected chi connectivity index (χ4v) is 5.19. The van der Waals surface area contributed by atoms with Crippen LogP contribution in [-0.4, -0.2) is 18.3 Å². The molecule has 1 N–H and O–H groups in total. The first-order valence-electron chi connectivity index (χ1n) is 7.88. The second-order valence-electron chi connectivity index (χ2n) is 6.48. The molecule has 2 fully saturated rings. The number of hydrogen-bond acceptors (Lipinski definition) is 3. The molecule has 2 bridgehead atoms. The van der Waals surface area contributed by atoms with Crippen molar-refractivity contribution < 1.29 is 0 Å². The van der Waals surface area contributed by atoms with Gasteiger partial charge in [-0.2, -0.15) is 0 Å². The number of hydrogen-bond donors (Lipinski definition) is 1. The predicted octanol–water partition coefficient (Wildman–Crippen LogP) is 3.86. The third-order valence-corrected chi connectivity index (χ3v) is 6.43. The molecule has 2 aliphatic carbocycles. The van der Waals surface area contributed by atoms with Gasteiger partial charge in [0.15, 0.2) is 5.17 Å². The van der Waals surface area contributed by atoms with E-state index in [0.29, 0.717) is 5.25 Å². The number of fused-ring (bicyclic) bond motifs is 2. The zero-order valence-corrected chi connectivity index (χ0v) is 12.6. The van der Waals surface area contributed by atoms with Crippen molar-refractivity contribution >= 4 is 16.9 Å². The smallest absolute Gasteiger partial charge is 0.157 e. The molecule has 20 heavy (non-hydrogen) atoms. The average molecular weight is 286 g/mol. The largest absolute Gasteiger partial charge is 0.365 e. The molecule has 106 valence electrons. The van der Waals surface area contributed by atoms with Crippen molar-refractivity contribution in [2.45, 2.75) is 30.9 Å². The second-order valence-corrected chi connectivity index (χ2v) is 7.67. The molecule has 4 unspecified atom stereocenters. The van der Waals surface area contributed by atoms with Gasteiger partial charge in [0.1, 0.15) is 0 Å². The van der Waals surface area contributed by atoms with Gasteiger partial charge in [-0.1, -0.05) is 48.5 Å². The Morgan fingerprint density at radius 3 is 2.80 bits per heavy atom. The summed E-state index contributed by atoms with van der Waals surface area (Å²) < 4.78 is 0. The third kappa shape index (κ3) is 2.48. The quantitative estimate of drug-likeness (QED) is 0.912. The maximum absolute atomic E-state index is 4.69. The van der Waals surface area contributed by atoms with E-state index in [1.165, 1.54) is 36.4 Å². The number of rotatable bonds is 3. The van der Waals surface area contributed by atoms with Gasteiger partial charge in [-0.05, 0) is 42.6 Å². The van der Waals surface area contributed by atoms with Crippen molar-refractivity contribution in [1.29, 1.82) is 0 Å². The SMILES string of the molecule is c1ccc(C2CN=C(NCC3CC4CCC3C4)S2)cc1. The fourth-order valence-electron chi connectivity index (χ4n) is 4.16. The molecule has 3 heteroatoms. The van der Waals surface area contributed by atoms with Gasteiger partial charge in [0, 0.05) is 6.54 Å². The van der Waals surface area contributed by atoms with Gasteiger partial charge in [0.05, 0.1) is 11.8 Å². The molecule has 1 aromatic rings. The lowest BCUT2D eigenvalue weighted by atomic mass is 9.89. The Kier molecular flexibility index (Phi) is 3.47. The summed E-state index contributed by atoms with van der Waals surface area (Å²) in [5, 5.41) is 5.30. The van der Waals surface area contributed by atoms with Crippen molar-refractivity contribution in [1.82, 2.24) is 5.32 Å². The lowest BCUT2D eigenvalue weighted by molar-refractivity contribution is 0.333. The lowest BCUT2D eigenvalue weighted by Gasteiger charge is -2.22. The van der Waals surface area contributed by atoms with E-state index in [-0.39, 0.29) is 0 Å². The van der Waals surface area contributed by atoms with E-state index in [1.54, 1.807) is 0 Å². The van der Waals surface area contributed by atoms with Gasteiger partial charge in [-0.3, -0.25) is 4.99 Å². The van der Waals surface area contributed by atoms with Crippen molar-refractivity contribution in [2.75, 3.05) is 13.1 Å². The molecule has 3 aliphatic rings. The summed E-state index contributed by atoms with van der Waals surface area (Å²) in [5.41, 5.74) is 1.40. The minimum atomic E-state index is 0.513. The first-order chi connectivity index (χ1) is 9.88. The van der Waals surface area contributed by atoms with Gasteiger partial charge in [-0.15, -0.1) is 0 Å². The average Bonchev–Trinajstić information content (AvgIpc) is 3.22. The van der Waals surface area contributed by atoms with E-state index in [2.05, 4.69) is 40.6 Å². The van der Waals surface area contributed by atoms with E-state index in [9.17, 15) is 0 Å². The van der Waals surface area contributed by atoms with Crippen molar-refractivity contribution in [2.24, 2.45) is 22.7 Å². The first kappa shape index (κ1) is 12.8. The third-order valence-electron chi connectivity index (χ3n) is 5.23. The van der Waals surface area contributed by atoms with E-state index in [0.717, 1.165) is 30.8 Å². The summed E-state index contributed by atoms with van der Waals surface area (Å²) in [6.45, 7) is 2.07. The van der Waals surface area contributed by atoms with Crippen LogP contribution in [0.1, 0.15) is 36.5 Å². The van der Waals surface area contributed by atoms with Crippen LogP contribution in [0.5, 0.6) is 0 Å². The zero-order valence-electron chi connectivity index (χ0n) is 11.8. The molecule has 1 heterocycles. The number of nitrogens with one attached hydrogen (secondary N) is 1. The van der Waals surface area contributed by atoms with Crippen LogP contribution in [-0.2, 0) is 0 Å². The van der Waals surface area contributed by atoms with E-state index < -0.39 is 0 Å². The Labute approximate surface area is 125 Å².